The smallest absolute Gasteiger partial charge is 0.117 e. The molecule has 0 aromatic heterocycles. The van der Waals surface area contributed by atoms with Crippen LogP contribution in [0.15, 0.2) is 0 Å². The normalized spacial score (nSPS) is 55.8. The average Bonchev–Trinajstić information content (AvgIpc) is 2.60. The first-order valence-corrected chi connectivity index (χ1v) is 9.26. The van der Waals surface area contributed by atoms with Gasteiger partial charge in [-0.25, -0.2) is 0 Å². The fourth-order valence-electron chi connectivity index (χ4n) is 4.43. The Balaban J connectivity index is 2.02. The molecular weight excluding hydrogens is 264 g/mol. The Hall–Kier alpha value is 0.310. The van der Waals surface area contributed by atoms with Gasteiger partial charge in [-0.15, -0.1) is 11.8 Å². The third kappa shape index (κ3) is 2.56. The number of ether oxygens (including phenoxy) is 1. The largest absolute Gasteiger partial charge is 0.360 e. The van der Waals surface area contributed by atoms with Gasteiger partial charge in [0.05, 0.1) is 6.10 Å². The molecule has 116 valence electrons. The van der Waals surface area contributed by atoms with Crippen LogP contribution in [-0.2, 0) is 4.74 Å². The monoisotopic (exact) mass is 299 g/mol. The first kappa shape index (κ1) is 11.8. The van der Waals surface area contributed by atoms with Gasteiger partial charge in [0, 0.05) is 8.86 Å². The van der Waals surface area contributed by atoms with Gasteiger partial charge in [-0.3, -0.25) is 0 Å². The Morgan fingerprint density at radius 2 is 2.15 bits per heavy atom. The van der Waals surface area contributed by atoms with E-state index in [-0.39, 0.29) is 10.9 Å². The molecule has 0 radical (unpaired) electrons. The van der Waals surface area contributed by atoms with E-state index < -0.39 is 17.2 Å². The van der Waals surface area contributed by atoms with Crippen molar-refractivity contribution in [3.05, 3.63) is 0 Å². The molecule has 0 aromatic carbocycles. The van der Waals surface area contributed by atoms with E-state index in [2.05, 4.69) is 27.7 Å². The summed E-state index contributed by atoms with van der Waals surface area (Å²) in [6.07, 6.45) is 4.84. The van der Waals surface area contributed by atoms with E-state index in [9.17, 15) is 0 Å². The van der Waals surface area contributed by atoms with Crippen LogP contribution in [0.3, 0.4) is 0 Å². The molecule has 0 amide bonds. The van der Waals surface area contributed by atoms with E-state index >= 15 is 0 Å². The zero-order valence-electron chi connectivity index (χ0n) is 16.5. The Bertz CT molecular complexity index is 469. The molecule has 1 nitrogen and oxygen atoms in total. The SMILES string of the molecule is [2H]C1([2H])CC[C@]([2H])(CCC)[C@]12O[C@H]1C[C@H](C)CC[C@H]1C(C)(C)S2. The van der Waals surface area contributed by atoms with E-state index in [1.807, 2.05) is 0 Å². The molecule has 2 heteroatoms. The fraction of sp³-hybridized carbons (Fsp3) is 1.00. The van der Waals surface area contributed by atoms with E-state index in [1.165, 1.54) is 12.8 Å². The minimum atomic E-state index is -1.42. The predicted octanol–water partition coefficient (Wildman–Crippen LogP) is 5.63. The molecule has 2 saturated carbocycles. The van der Waals surface area contributed by atoms with Crippen LogP contribution in [0.4, 0.5) is 0 Å². The van der Waals surface area contributed by atoms with Crippen LogP contribution in [0.5, 0.6) is 0 Å². The van der Waals surface area contributed by atoms with Gasteiger partial charge in [0.1, 0.15) is 4.93 Å². The molecule has 0 unspecified atom stereocenters. The number of fused-ring (bicyclic) bond motifs is 1. The zero-order valence-corrected chi connectivity index (χ0v) is 14.3. The quantitative estimate of drug-likeness (QED) is 0.653. The second-order valence-corrected chi connectivity index (χ2v) is 9.36. The molecular formula is C18H32OS. The topological polar surface area (TPSA) is 9.23 Å². The summed E-state index contributed by atoms with van der Waals surface area (Å²) in [4.78, 5) is -1.00. The van der Waals surface area contributed by atoms with E-state index in [0.29, 0.717) is 24.7 Å². The number of rotatable bonds is 2. The Morgan fingerprint density at radius 3 is 2.90 bits per heavy atom. The van der Waals surface area contributed by atoms with E-state index in [1.54, 1.807) is 11.8 Å². The molecule has 0 aromatic rings. The van der Waals surface area contributed by atoms with Crippen LogP contribution in [0.25, 0.3) is 0 Å². The molecule has 0 bridgehead atoms. The lowest BCUT2D eigenvalue weighted by Crippen LogP contribution is -2.55. The Morgan fingerprint density at radius 1 is 1.35 bits per heavy atom. The highest BCUT2D eigenvalue weighted by atomic mass is 32.2. The molecule has 20 heavy (non-hydrogen) atoms. The van der Waals surface area contributed by atoms with Crippen molar-refractivity contribution in [3.63, 3.8) is 0 Å². The molecule has 2 aliphatic carbocycles. The molecule has 5 atom stereocenters. The minimum Gasteiger partial charge on any atom is -0.360 e. The summed E-state index contributed by atoms with van der Waals surface area (Å²) in [5.41, 5.74) is 0. The zero-order chi connectivity index (χ0) is 17.1. The molecule has 1 saturated heterocycles. The van der Waals surface area contributed by atoms with Crippen molar-refractivity contribution < 1.29 is 8.85 Å². The summed E-state index contributed by atoms with van der Waals surface area (Å²) in [6.45, 7) is 8.90. The predicted molar refractivity (Wildman–Crippen MR) is 88.0 cm³/mol. The van der Waals surface area contributed by atoms with Crippen molar-refractivity contribution in [3.8, 4) is 0 Å². The van der Waals surface area contributed by atoms with Crippen LogP contribution in [0.2, 0.25) is 0 Å². The van der Waals surface area contributed by atoms with Gasteiger partial charge in [-0.1, -0.05) is 40.5 Å². The fourth-order valence-corrected chi connectivity index (χ4v) is 6.29. The molecule has 0 N–H and O–H groups in total. The van der Waals surface area contributed by atoms with Crippen LogP contribution in [0.1, 0.15) is 83.1 Å². The van der Waals surface area contributed by atoms with Gasteiger partial charge in [-0.2, -0.15) is 0 Å². The summed E-state index contributed by atoms with van der Waals surface area (Å²) in [7, 11) is 0. The van der Waals surface area contributed by atoms with Gasteiger partial charge in [-0.05, 0) is 56.2 Å². The van der Waals surface area contributed by atoms with Crippen LogP contribution in [-0.4, -0.2) is 15.8 Å². The van der Waals surface area contributed by atoms with Crippen LogP contribution >= 0.6 is 11.8 Å². The van der Waals surface area contributed by atoms with Gasteiger partial charge < -0.3 is 4.74 Å². The molecule has 3 aliphatic rings. The number of hydrogen-bond acceptors (Lipinski definition) is 2. The summed E-state index contributed by atoms with van der Waals surface area (Å²) in [5, 5.41) is 0. The van der Waals surface area contributed by atoms with Crippen molar-refractivity contribution in [2.24, 2.45) is 17.7 Å². The lowest BCUT2D eigenvalue weighted by molar-refractivity contribution is -0.121. The second kappa shape index (κ2) is 5.50. The summed E-state index contributed by atoms with van der Waals surface area (Å²) >= 11 is 1.65. The van der Waals surface area contributed by atoms with Gasteiger partial charge >= 0.3 is 0 Å². The van der Waals surface area contributed by atoms with E-state index in [0.717, 1.165) is 19.3 Å². The molecule has 3 fully saturated rings. The highest BCUT2D eigenvalue weighted by molar-refractivity contribution is 8.01. The maximum atomic E-state index is 9.13. The van der Waals surface area contributed by atoms with Crippen LogP contribution < -0.4 is 0 Å². The Labute approximate surface area is 133 Å². The third-order valence-electron chi connectivity index (χ3n) is 5.47. The summed E-state index contributed by atoms with van der Waals surface area (Å²) in [5.74, 6) is 0.320. The van der Waals surface area contributed by atoms with Gasteiger partial charge in [0.25, 0.3) is 0 Å². The van der Waals surface area contributed by atoms with Crippen molar-refractivity contribution in [2.75, 3.05) is 0 Å². The third-order valence-corrected chi connectivity index (χ3v) is 7.12. The number of thioether (sulfide) groups is 1. The average molecular weight is 300 g/mol. The van der Waals surface area contributed by atoms with Gasteiger partial charge in [0.15, 0.2) is 0 Å². The van der Waals surface area contributed by atoms with Crippen molar-refractivity contribution in [1.29, 1.82) is 0 Å². The summed E-state index contributed by atoms with van der Waals surface area (Å²) < 4.78 is 33.1. The molecule has 1 aliphatic heterocycles. The van der Waals surface area contributed by atoms with Crippen LogP contribution in [0, 0.1) is 17.7 Å². The van der Waals surface area contributed by atoms with Crippen molar-refractivity contribution in [1.82, 2.24) is 0 Å². The standard InChI is InChI=1S/C18H32OS/c1-5-7-14-8-6-11-18(14)19-16-12-13(2)9-10-15(16)17(3,4)20-18/h13-16H,5-12H2,1-4H3/t13-,14+,15-,16+,18+/m1/s1/i11D2,14D. The first-order chi connectivity index (χ1) is 10.6. The Kier molecular flexibility index (Phi) is 3.25. The minimum absolute atomic E-state index is 0.0270. The number of hydrogen-bond donors (Lipinski definition) is 0. The second-order valence-electron chi connectivity index (χ2n) is 7.53. The maximum Gasteiger partial charge on any atom is 0.117 e. The van der Waals surface area contributed by atoms with E-state index in [4.69, 9.17) is 8.85 Å². The first-order valence-electron chi connectivity index (χ1n) is 9.95. The summed E-state index contributed by atoms with van der Waals surface area (Å²) in [6, 6.07) is 0. The van der Waals surface area contributed by atoms with Crippen molar-refractivity contribution in [2.45, 2.75) is 94.8 Å². The maximum absolute atomic E-state index is 9.13. The highest BCUT2D eigenvalue weighted by Gasteiger charge is 2.56. The molecule has 1 spiro atoms. The van der Waals surface area contributed by atoms with Crippen molar-refractivity contribution >= 4 is 11.8 Å². The highest BCUT2D eigenvalue weighted by Crippen LogP contribution is 2.61. The van der Waals surface area contributed by atoms with Gasteiger partial charge in [0.2, 0.25) is 0 Å². The molecule has 1 heterocycles. The lowest BCUT2D eigenvalue weighted by atomic mass is 9.74. The lowest BCUT2D eigenvalue weighted by Gasteiger charge is -2.56. The molecule has 3 rings (SSSR count).